The summed E-state index contributed by atoms with van der Waals surface area (Å²) in [6, 6.07) is 9.68. The summed E-state index contributed by atoms with van der Waals surface area (Å²) in [5.74, 6) is -0.579. The smallest absolute Gasteiger partial charge is 0.224 e. The van der Waals surface area contributed by atoms with E-state index >= 15 is 0 Å². The van der Waals surface area contributed by atoms with Gasteiger partial charge in [-0.05, 0) is 19.1 Å². The number of benzene rings is 1. The highest BCUT2D eigenvalue weighted by Crippen LogP contribution is 2.29. The Kier molecular flexibility index (Phi) is 4.29. The molecule has 2 aromatic heterocycles. The largest absolute Gasteiger partial charge is 0.504 e. The summed E-state index contributed by atoms with van der Waals surface area (Å²) in [4.78, 5) is 17.7. The lowest BCUT2D eigenvalue weighted by Crippen LogP contribution is -1.95. The molecule has 0 spiro atoms. The zero-order valence-electron chi connectivity index (χ0n) is 12.2. The summed E-state index contributed by atoms with van der Waals surface area (Å²) in [6.45, 7) is 2.02. The Morgan fingerprint density at radius 2 is 2.09 bits per heavy atom. The van der Waals surface area contributed by atoms with E-state index in [0.717, 1.165) is 15.9 Å². The van der Waals surface area contributed by atoms with Gasteiger partial charge in [-0.2, -0.15) is 5.10 Å². The average Bonchev–Trinajstić information content (AvgIpc) is 3.21. The molecule has 0 fully saturated rings. The van der Waals surface area contributed by atoms with Crippen molar-refractivity contribution in [3.05, 3.63) is 66.1 Å². The van der Waals surface area contributed by atoms with Gasteiger partial charge in [-0.3, -0.25) is 9.89 Å². The molecular weight excluding hydrogens is 314 g/mol. The molecule has 0 unspecified atom stereocenters. The highest BCUT2D eigenvalue weighted by molar-refractivity contribution is 7.99. The van der Waals surface area contributed by atoms with E-state index < -0.39 is 5.78 Å². The number of aromatic nitrogens is 3. The molecule has 0 amide bonds. The zero-order valence-corrected chi connectivity index (χ0v) is 13.0. The molecule has 0 aliphatic rings. The number of furan rings is 1. The molecule has 3 rings (SSSR count). The number of H-pyrrole nitrogens is 1. The third-order valence-corrected chi connectivity index (χ3v) is 3.94. The van der Waals surface area contributed by atoms with Crippen LogP contribution in [0.2, 0.25) is 0 Å². The van der Waals surface area contributed by atoms with Crippen molar-refractivity contribution in [1.82, 2.24) is 15.2 Å². The monoisotopic (exact) mass is 327 g/mol. The number of aromatic amines is 1. The van der Waals surface area contributed by atoms with E-state index in [0.29, 0.717) is 0 Å². The Bertz CT molecular complexity index is 836. The van der Waals surface area contributed by atoms with Gasteiger partial charge in [0, 0.05) is 17.0 Å². The molecule has 1 aromatic carbocycles. The fourth-order valence-corrected chi connectivity index (χ4v) is 2.64. The van der Waals surface area contributed by atoms with Crippen molar-refractivity contribution in [3.8, 4) is 0 Å². The van der Waals surface area contributed by atoms with Crippen molar-refractivity contribution in [2.45, 2.75) is 16.7 Å². The number of hydrogen-bond acceptors (Lipinski definition) is 6. The predicted octanol–water partition coefficient (Wildman–Crippen LogP) is 3.64. The molecule has 2 N–H and O–H groups in total. The molecule has 0 aliphatic carbocycles. The van der Waals surface area contributed by atoms with Crippen LogP contribution in [0.1, 0.15) is 21.9 Å². The summed E-state index contributed by atoms with van der Waals surface area (Å²) in [5, 5.41) is 15.9. The summed E-state index contributed by atoms with van der Waals surface area (Å²) in [6.07, 6.45) is 3.85. The molecule has 0 bridgehead atoms. The number of nitrogens with one attached hydrogen (secondary N) is 1. The molecule has 116 valence electrons. The minimum absolute atomic E-state index is 0.0548. The molecule has 0 saturated carbocycles. The first kappa shape index (κ1) is 15.1. The highest BCUT2D eigenvalue weighted by atomic mass is 32.2. The van der Waals surface area contributed by atoms with Crippen LogP contribution in [-0.4, -0.2) is 26.1 Å². The van der Waals surface area contributed by atoms with Gasteiger partial charge in [0.1, 0.15) is 12.6 Å². The fourth-order valence-electron chi connectivity index (χ4n) is 1.84. The minimum Gasteiger partial charge on any atom is -0.504 e. The van der Waals surface area contributed by atoms with Crippen molar-refractivity contribution in [1.29, 1.82) is 0 Å². The average molecular weight is 327 g/mol. The second-order valence-electron chi connectivity index (χ2n) is 4.78. The van der Waals surface area contributed by atoms with E-state index in [1.807, 2.05) is 31.2 Å². The number of aryl methyl sites for hydroxylation is 1. The number of carbonyl (C=O) groups is 1. The number of aliphatic hydroxyl groups is 1. The maximum Gasteiger partial charge on any atom is 0.224 e. The van der Waals surface area contributed by atoms with Gasteiger partial charge >= 0.3 is 0 Å². The summed E-state index contributed by atoms with van der Waals surface area (Å²) < 4.78 is 5.27. The van der Waals surface area contributed by atoms with Crippen LogP contribution in [0.5, 0.6) is 0 Å². The van der Waals surface area contributed by atoms with E-state index in [1.165, 1.54) is 29.9 Å². The van der Waals surface area contributed by atoms with Gasteiger partial charge in [-0.1, -0.05) is 29.5 Å². The SMILES string of the molecule is Cc1ccc(Sc2coc(C(=O)C=C(O)c3nc[nH]n3)c2)cc1. The predicted molar refractivity (Wildman–Crippen MR) is 85.3 cm³/mol. The van der Waals surface area contributed by atoms with Crippen LogP contribution < -0.4 is 0 Å². The first-order valence-electron chi connectivity index (χ1n) is 6.76. The van der Waals surface area contributed by atoms with Gasteiger partial charge in [0.2, 0.25) is 11.6 Å². The Labute approximate surface area is 136 Å². The number of allylic oxidation sites excluding steroid dienone is 1. The first-order valence-corrected chi connectivity index (χ1v) is 7.57. The van der Waals surface area contributed by atoms with E-state index in [2.05, 4.69) is 15.2 Å². The maximum atomic E-state index is 12.1. The third kappa shape index (κ3) is 3.70. The van der Waals surface area contributed by atoms with Gasteiger partial charge in [-0.15, -0.1) is 0 Å². The standard InChI is InChI=1S/C16H13N3O3S/c1-10-2-4-11(5-3-10)23-12-6-15(22-8-12)13(20)7-14(21)16-17-9-18-19-16/h2-9,21H,1H3,(H,17,18,19). The molecule has 0 radical (unpaired) electrons. The highest BCUT2D eigenvalue weighted by Gasteiger charge is 2.13. The molecule has 2 heterocycles. The first-order chi connectivity index (χ1) is 11.1. The zero-order chi connectivity index (χ0) is 16.2. The molecule has 6 nitrogen and oxygen atoms in total. The maximum absolute atomic E-state index is 12.1. The van der Waals surface area contributed by atoms with Gasteiger partial charge in [0.05, 0.1) is 4.90 Å². The fraction of sp³-hybridized carbons (Fsp3) is 0.0625. The molecular formula is C16H13N3O3S. The van der Waals surface area contributed by atoms with Gasteiger partial charge in [0.25, 0.3) is 0 Å². The Balaban J connectivity index is 1.72. The Morgan fingerprint density at radius 3 is 2.78 bits per heavy atom. The van der Waals surface area contributed by atoms with E-state index in [1.54, 1.807) is 6.07 Å². The van der Waals surface area contributed by atoms with Crippen LogP contribution in [0.25, 0.3) is 5.76 Å². The summed E-state index contributed by atoms with van der Waals surface area (Å²) in [7, 11) is 0. The van der Waals surface area contributed by atoms with E-state index in [9.17, 15) is 9.90 Å². The second-order valence-corrected chi connectivity index (χ2v) is 5.93. The number of carbonyl (C=O) groups excluding carboxylic acids is 1. The normalized spacial score (nSPS) is 11.6. The van der Waals surface area contributed by atoms with E-state index in [-0.39, 0.29) is 17.3 Å². The van der Waals surface area contributed by atoms with Crippen molar-refractivity contribution in [2.24, 2.45) is 0 Å². The van der Waals surface area contributed by atoms with Crippen LogP contribution in [0.4, 0.5) is 0 Å². The second kappa shape index (κ2) is 6.53. The Morgan fingerprint density at radius 1 is 1.30 bits per heavy atom. The Hall–Kier alpha value is -2.80. The lowest BCUT2D eigenvalue weighted by atomic mass is 10.2. The van der Waals surface area contributed by atoms with Crippen LogP contribution >= 0.6 is 11.8 Å². The topological polar surface area (TPSA) is 92.0 Å². The van der Waals surface area contributed by atoms with Crippen molar-refractivity contribution < 1.29 is 14.3 Å². The molecule has 7 heteroatoms. The summed E-state index contributed by atoms with van der Waals surface area (Å²) in [5.41, 5.74) is 1.19. The third-order valence-electron chi connectivity index (χ3n) is 2.99. The lowest BCUT2D eigenvalue weighted by Gasteiger charge is -1.98. The lowest BCUT2D eigenvalue weighted by molar-refractivity contribution is 0.102. The van der Waals surface area contributed by atoms with Gasteiger partial charge in [0.15, 0.2) is 11.5 Å². The van der Waals surface area contributed by atoms with Crippen LogP contribution in [0.3, 0.4) is 0 Å². The number of rotatable bonds is 5. The molecule has 0 saturated heterocycles. The van der Waals surface area contributed by atoms with Crippen molar-refractivity contribution in [2.75, 3.05) is 0 Å². The van der Waals surface area contributed by atoms with Crippen LogP contribution in [-0.2, 0) is 0 Å². The van der Waals surface area contributed by atoms with Gasteiger partial charge in [-0.25, -0.2) is 4.98 Å². The van der Waals surface area contributed by atoms with Crippen LogP contribution in [0, 0.1) is 6.92 Å². The van der Waals surface area contributed by atoms with Crippen molar-refractivity contribution in [3.63, 3.8) is 0 Å². The number of aliphatic hydroxyl groups excluding tert-OH is 1. The quantitative estimate of drug-likeness (QED) is 0.422. The summed E-state index contributed by atoms with van der Waals surface area (Å²) >= 11 is 1.49. The molecule has 0 aliphatic heterocycles. The van der Waals surface area contributed by atoms with E-state index in [4.69, 9.17) is 4.42 Å². The number of nitrogens with zero attached hydrogens (tertiary/aromatic N) is 2. The van der Waals surface area contributed by atoms with Crippen molar-refractivity contribution >= 4 is 23.3 Å². The molecule has 3 aromatic rings. The molecule has 23 heavy (non-hydrogen) atoms. The number of ketones is 1. The molecule has 0 atom stereocenters. The van der Waals surface area contributed by atoms with Crippen LogP contribution in [0.15, 0.2) is 63.2 Å². The minimum atomic E-state index is -0.456. The number of hydrogen-bond donors (Lipinski definition) is 2. The van der Waals surface area contributed by atoms with Gasteiger partial charge < -0.3 is 9.52 Å².